The molecule has 174 valence electrons. The van der Waals surface area contributed by atoms with Gasteiger partial charge in [0.15, 0.2) is 11.0 Å². The Bertz CT molecular complexity index is 1220. The second-order valence-corrected chi connectivity index (χ2v) is 8.87. The van der Waals surface area contributed by atoms with Crippen molar-refractivity contribution in [3.05, 3.63) is 82.5 Å². The predicted octanol–water partition coefficient (Wildman–Crippen LogP) is 4.68. The van der Waals surface area contributed by atoms with Crippen LogP contribution in [0.3, 0.4) is 0 Å². The lowest BCUT2D eigenvalue weighted by molar-refractivity contribution is -0.117. The molecule has 9 heteroatoms. The van der Waals surface area contributed by atoms with Crippen molar-refractivity contribution in [1.82, 2.24) is 4.98 Å². The minimum atomic E-state index is -2.02. The fraction of sp³-hybridized carbons (Fsp3) is 0.250. The zero-order valence-corrected chi connectivity index (χ0v) is 19.7. The second-order valence-electron chi connectivity index (χ2n) is 7.69. The van der Waals surface area contributed by atoms with Crippen LogP contribution >= 0.6 is 0 Å². The summed E-state index contributed by atoms with van der Waals surface area (Å²) in [5.41, 5.74) is 9.60. The third kappa shape index (κ3) is 5.26. The number of nitrogens with two attached hydrogens (primary N) is 1. The molecule has 0 spiro atoms. The van der Waals surface area contributed by atoms with Crippen molar-refractivity contribution in [2.24, 2.45) is 5.73 Å². The second kappa shape index (κ2) is 10.2. The molecule has 1 amide bonds. The number of nitrogens with zero attached hydrogens (tertiary/aromatic N) is 2. The molecule has 0 aliphatic heterocycles. The monoisotopic (exact) mass is 472 g/mol. The van der Waals surface area contributed by atoms with E-state index in [2.05, 4.69) is 9.71 Å². The molecular weight excluding hydrogens is 446 g/mol. The van der Waals surface area contributed by atoms with E-state index in [0.717, 1.165) is 22.8 Å². The van der Waals surface area contributed by atoms with Crippen LogP contribution in [0, 0.1) is 25.6 Å². The summed E-state index contributed by atoms with van der Waals surface area (Å²) in [5, 5.41) is 0. The first-order chi connectivity index (χ1) is 15.6. The lowest BCUT2D eigenvalue weighted by Crippen LogP contribution is -2.33. The first-order valence-electron chi connectivity index (χ1n) is 10.3. The Morgan fingerprint density at radius 1 is 1.18 bits per heavy atom. The van der Waals surface area contributed by atoms with Gasteiger partial charge in [0.1, 0.15) is 11.6 Å². The third-order valence-electron chi connectivity index (χ3n) is 5.51. The number of carbonyl (C=O) groups is 1. The molecule has 1 heterocycles. The van der Waals surface area contributed by atoms with Crippen LogP contribution in [-0.2, 0) is 22.3 Å². The Morgan fingerprint density at radius 3 is 2.52 bits per heavy atom. The molecule has 6 nitrogen and oxygen atoms in total. The first kappa shape index (κ1) is 24.5. The Hall–Kier alpha value is -3.17. The normalized spacial score (nSPS) is 12.8. The van der Waals surface area contributed by atoms with Crippen molar-refractivity contribution < 1.29 is 17.8 Å². The van der Waals surface area contributed by atoms with Crippen LogP contribution in [0.1, 0.15) is 42.1 Å². The fourth-order valence-electron chi connectivity index (χ4n) is 3.83. The summed E-state index contributed by atoms with van der Waals surface area (Å²) in [5.74, 6) is -1.75. The van der Waals surface area contributed by atoms with E-state index in [4.69, 9.17) is 5.73 Å². The minimum absolute atomic E-state index is 0.0173. The molecule has 3 rings (SSSR count). The van der Waals surface area contributed by atoms with Gasteiger partial charge in [0, 0.05) is 13.5 Å². The SMILES string of the molecule is CC(=O)N(c1cc(F)c(S(=O)Nc2cccc(F)n2)cc1C)[C@H](C)c1cccc(CN)c1C. The van der Waals surface area contributed by atoms with Gasteiger partial charge in [-0.05, 0) is 67.3 Å². The van der Waals surface area contributed by atoms with E-state index in [1.165, 1.54) is 36.1 Å². The topological polar surface area (TPSA) is 88.3 Å². The van der Waals surface area contributed by atoms with Crippen LogP contribution in [0.4, 0.5) is 20.3 Å². The molecule has 2 aromatic carbocycles. The summed E-state index contributed by atoms with van der Waals surface area (Å²) in [6.07, 6.45) is 0. The summed E-state index contributed by atoms with van der Waals surface area (Å²) in [6.45, 7) is 7.30. The molecule has 2 atom stereocenters. The number of hydrogen-bond donors (Lipinski definition) is 2. The molecule has 0 radical (unpaired) electrons. The average molecular weight is 473 g/mol. The number of amides is 1. The molecule has 0 aliphatic rings. The van der Waals surface area contributed by atoms with Gasteiger partial charge in [-0.2, -0.15) is 4.39 Å². The molecule has 0 saturated carbocycles. The molecule has 0 fully saturated rings. The van der Waals surface area contributed by atoms with Gasteiger partial charge >= 0.3 is 0 Å². The maximum absolute atomic E-state index is 15.1. The number of benzene rings is 2. The van der Waals surface area contributed by atoms with Gasteiger partial charge < -0.3 is 10.6 Å². The number of anilines is 2. The molecule has 33 heavy (non-hydrogen) atoms. The number of pyridine rings is 1. The third-order valence-corrected chi connectivity index (χ3v) is 6.61. The largest absolute Gasteiger partial charge is 0.326 e. The highest BCUT2D eigenvalue weighted by Crippen LogP contribution is 2.34. The number of halogens is 2. The van der Waals surface area contributed by atoms with E-state index in [1.54, 1.807) is 6.92 Å². The van der Waals surface area contributed by atoms with Crippen molar-refractivity contribution in [2.75, 3.05) is 9.62 Å². The summed E-state index contributed by atoms with van der Waals surface area (Å²) < 4.78 is 43.6. The summed E-state index contributed by atoms with van der Waals surface area (Å²) >= 11 is 0. The molecular formula is C24H26F2N4O2S. The van der Waals surface area contributed by atoms with Gasteiger partial charge in [0.05, 0.1) is 16.6 Å². The zero-order valence-electron chi connectivity index (χ0n) is 18.9. The highest BCUT2D eigenvalue weighted by atomic mass is 32.2. The van der Waals surface area contributed by atoms with E-state index in [1.807, 2.05) is 32.0 Å². The lowest BCUT2D eigenvalue weighted by Gasteiger charge is -2.31. The van der Waals surface area contributed by atoms with E-state index < -0.39 is 28.8 Å². The zero-order chi connectivity index (χ0) is 24.3. The van der Waals surface area contributed by atoms with Crippen molar-refractivity contribution in [2.45, 2.75) is 45.2 Å². The van der Waals surface area contributed by atoms with Crippen LogP contribution in [0.5, 0.6) is 0 Å². The van der Waals surface area contributed by atoms with E-state index in [0.29, 0.717) is 17.8 Å². The van der Waals surface area contributed by atoms with Crippen molar-refractivity contribution in [3.63, 3.8) is 0 Å². The maximum Gasteiger partial charge on any atom is 0.224 e. The number of carbonyl (C=O) groups excluding carboxylic acids is 1. The van der Waals surface area contributed by atoms with Crippen LogP contribution in [0.25, 0.3) is 0 Å². The van der Waals surface area contributed by atoms with Crippen LogP contribution in [-0.4, -0.2) is 15.1 Å². The Kier molecular flexibility index (Phi) is 7.55. The minimum Gasteiger partial charge on any atom is -0.326 e. The van der Waals surface area contributed by atoms with E-state index in [9.17, 15) is 13.4 Å². The van der Waals surface area contributed by atoms with Gasteiger partial charge in [-0.3, -0.25) is 9.52 Å². The quantitative estimate of drug-likeness (QED) is 0.489. The van der Waals surface area contributed by atoms with Crippen LogP contribution in [0.2, 0.25) is 0 Å². The smallest absolute Gasteiger partial charge is 0.224 e. The maximum atomic E-state index is 15.1. The average Bonchev–Trinajstić information content (AvgIpc) is 2.75. The fourth-order valence-corrected chi connectivity index (χ4v) is 4.76. The highest BCUT2D eigenvalue weighted by Gasteiger charge is 2.26. The molecule has 0 saturated heterocycles. The Balaban J connectivity index is 1.98. The molecule has 3 N–H and O–H groups in total. The van der Waals surface area contributed by atoms with Crippen LogP contribution in [0.15, 0.2) is 53.4 Å². The molecule has 0 bridgehead atoms. The van der Waals surface area contributed by atoms with E-state index in [-0.39, 0.29) is 16.6 Å². The summed E-state index contributed by atoms with van der Waals surface area (Å²) in [4.78, 5) is 17.6. The Labute approximate surface area is 194 Å². The molecule has 0 aliphatic carbocycles. The predicted molar refractivity (Wildman–Crippen MR) is 126 cm³/mol. The van der Waals surface area contributed by atoms with Gasteiger partial charge in [0.2, 0.25) is 11.9 Å². The summed E-state index contributed by atoms with van der Waals surface area (Å²) in [6, 6.07) is 11.9. The van der Waals surface area contributed by atoms with Gasteiger partial charge in [0.25, 0.3) is 0 Å². The van der Waals surface area contributed by atoms with Gasteiger partial charge in [-0.1, -0.05) is 24.3 Å². The van der Waals surface area contributed by atoms with Gasteiger partial charge in [-0.25, -0.2) is 13.6 Å². The van der Waals surface area contributed by atoms with Crippen LogP contribution < -0.4 is 15.4 Å². The molecule has 3 aromatic rings. The van der Waals surface area contributed by atoms with Crippen molar-refractivity contribution in [3.8, 4) is 0 Å². The molecule has 1 aromatic heterocycles. The van der Waals surface area contributed by atoms with Crippen molar-refractivity contribution >= 4 is 28.4 Å². The molecule has 1 unspecified atom stereocenters. The van der Waals surface area contributed by atoms with Gasteiger partial charge in [-0.15, -0.1) is 0 Å². The number of nitrogens with one attached hydrogen (secondary N) is 1. The number of hydrogen-bond acceptors (Lipinski definition) is 4. The Morgan fingerprint density at radius 2 is 1.88 bits per heavy atom. The van der Waals surface area contributed by atoms with E-state index >= 15 is 4.39 Å². The lowest BCUT2D eigenvalue weighted by atomic mass is 9.96. The highest BCUT2D eigenvalue weighted by molar-refractivity contribution is 7.86. The number of aryl methyl sites for hydroxylation is 1. The first-order valence-corrected chi connectivity index (χ1v) is 11.5. The number of rotatable bonds is 7. The van der Waals surface area contributed by atoms with Crippen molar-refractivity contribution in [1.29, 1.82) is 0 Å². The summed E-state index contributed by atoms with van der Waals surface area (Å²) in [7, 11) is -2.02. The standard InChI is InChI=1S/C24H26F2N4O2S/c1-14-11-22(33(32)29-24-10-6-9-23(26)28-24)20(25)12-21(14)30(17(4)31)16(3)19-8-5-7-18(13-27)15(19)2/h5-12,16H,13,27H2,1-4H3,(H,28,29)/t16-,33?/m1/s1. The number of aromatic nitrogens is 1.